The van der Waals surface area contributed by atoms with Crippen molar-refractivity contribution in [3.8, 4) is 5.75 Å². The van der Waals surface area contributed by atoms with Crippen LogP contribution in [0, 0.1) is 13.8 Å². The zero-order valence-electron chi connectivity index (χ0n) is 19.3. The van der Waals surface area contributed by atoms with Gasteiger partial charge in [-0.2, -0.15) is 0 Å². The molecule has 0 bridgehead atoms. The number of methoxy groups -OCH3 is 2. The fourth-order valence-electron chi connectivity index (χ4n) is 3.93. The third-order valence-corrected chi connectivity index (χ3v) is 7.07. The number of rotatable bonds is 5. The van der Waals surface area contributed by atoms with Crippen LogP contribution in [0.25, 0.3) is 5.76 Å². The fourth-order valence-corrected chi connectivity index (χ4v) is 5.07. The third-order valence-electron chi connectivity index (χ3n) is 5.68. The quantitative estimate of drug-likeness (QED) is 0.226. The molecule has 0 saturated carbocycles. The summed E-state index contributed by atoms with van der Waals surface area (Å²) in [4.78, 5) is 44.5. The van der Waals surface area contributed by atoms with E-state index in [0.717, 1.165) is 11.3 Å². The smallest absolute Gasteiger partial charge is 0.350 e. The van der Waals surface area contributed by atoms with Gasteiger partial charge in [-0.1, -0.05) is 35.1 Å². The zero-order chi connectivity index (χ0) is 25.4. The molecule has 2 heterocycles. The Bertz CT molecular complexity index is 1380. The number of ketones is 1. The lowest BCUT2D eigenvalue weighted by atomic mass is 9.94. The number of ether oxygens (including phenoxy) is 2. The first-order chi connectivity index (χ1) is 16.7. The molecule has 0 aliphatic carbocycles. The monoisotopic (exact) mass is 512 g/mol. The number of halogens is 1. The Morgan fingerprint density at radius 2 is 1.80 bits per heavy atom. The number of carbonyl (C=O) groups is 3. The van der Waals surface area contributed by atoms with E-state index in [4.69, 9.17) is 21.1 Å². The normalized spacial score (nSPS) is 17.1. The van der Waals surface area contributed by atoms with Crippen molar-refractivity contribution in [2.45, 2.75) is 19.9 Å². The van der Waals surface area contributed by atoms with Gasteiger partial charge in [-0.3, -0.25) is 14.5 Å². The predicted octanol–water partition coefficient (Wildman–Crippen LogP) is 4.83. The second kappa shape index (κ2) is 9.52. The highest BCUT2D eigenvalue weighted by atomic mass is 35.5. The Morgan fingerprint density at radius 3 is 2.40 bits per heavy atom. The molecule has 2 aromatic carbocycles. The van der Waals surface area contributed by atoms with Crippen LogP contribution in [0.3, 0.4) is 0 Å². The Hall–Kier alpha value is -3.69. The number of benzene rings is 2. The summed E-state index contributed by atoms with van der Waals surface area (Å²) >= 11 is 7.00. The number of hydrogen-bond acceptors (Lipinski definition) is 8. The van der Waals surface area contributed by atoms with Crippen molar-refractivity contribution in [3.05, 3.63) is 80.3 Å². The maximum Gasteiger partial charge on any atom is 0.350 e. The van der Waals surface area contributed by atoms with Crippen LogP contribution in [0.1, 0.15) is 38.1 Å². The van der Waals surface area contributed by atoms with Gasteiger partial charge in [-0.25, -0.2) is 9.78 Å². The molecule has 3 aromatic rings. The first kappa shape index (κ1) is 24.4. The minimum absolute atomic E-state index is 0.0990. The molecular formula is C25H21ClN2O6S. The van der Waals surface area contributed by atoms with Gasteiger partial charge in [0.15, 0.2) is 5.13 Å². The molecule has 10 heteroatoms. The van der Waals surface area contributed by atoms with E-state index in [9.17, 15) is 19.5 Å². The summed E-state index contributed by atoms with van der Waals surface area (Å²) in [6.07, 6.45) is 0. The summed E-state index contributed by atoms with van der Waals surface area (Å²) in [5.74, 6) is -2.08. The van der Waals surface area contributed by atoms with Crippen molar-refractivity contribution in [1.82, 2.24) is 4.98 Å². The van der Waals surface area contributed by atoms with Crippen molar-refractivity contribution in [2.24, 2.45) is 0 Å². The van der Waals surface area contributed by atoms with E-state index in [0.29, 0.717) is 33.2 Å². The van der Waals surface area contributed by atoms with Gasteiger partial charge in [0.25, 0.3) is 5.78 Å². The molecular weight excluding hydrogens is 492 g/mol. The maximum absolute atomic E-state index is 13.3. The highest BCUT2D eigenvalue weighted by molar-refractivity contribution is 7.17. The number of aromatic nitrogens is 1. The van der Waals surface area contributed by atoms with Gasteiger partial charge in [0, 0.05) is 10.6 Å². The number of aliphatic hydroxyl groups is 1. The molecule has 1 aromatic heterocycles. The van der Waals surface area contributed by atoms with Gasteiger partial charge in [0.1, 0.15) is 16.4 Å². The molecule has 8 nitrogen and oxygen atoms in total. The number of nitrogens with zero attached hydrogens (tertiary/aromatic N) is 2. The third kappa shape index (κ3) is 4.28. The predicted molar refractivity (Wildman–Crippen MR) is 132 cm³/mol. The van der Waals surface area contributed by atoms with Crippen molar-refractivity contribution in [3.63, 3.8) is 0 Å². The van der Waals surface area contributed by atoms with Crippen LogP contribution in [0.2, 0.25) is 5.02 Å². The lowest BCUT2D eigenvalue weighted by Gasteiger charge is -2.23. The molecule has 0 unspecified atom stereocenters. The zero-order valence-corrected chi connectivity index (χ0v) is 20.9. The number of amides is 1. The largest absolute Gasteiger partial charge is 0.507 e. The van der Waals surface area contributed by atoms with E-state index < -0.39 is 23.7 Å². The standard InChI is InChI=1S/C25H21ClN2O6S/c1-12-11-16(33-3)9-10-17(12)20(29)18-19(14-5-7-15(26)8-6-14)28(23(31)21(18)30)25-27-13(2)22(35-25)24(32)34-4/h5-11,19,29H,1-4H3/b20-18+/t19-/m0/s1. The lowest BCUT2D eigenvalue weighted by molar-refractivity contribution is -0.132. The Morgan fingerprint density at radius 1 is 1.11 bits per heavy atom. The fraction of sp³-hybridized carbons (Fsp3) is 0.200. The molecule has 4 rings (SSSR count). The highest BCUT2D eigenvalue weighted by Crippen LogP contribution is 2.44. The second-order valence-electron chi connectivity index (χ2n) is 7.80. The number of esters is 1. The first-order valence-electron chi connectivity index (χ1n) is 10.4. The molecule has 180 valence electrons. The van der Waals surface area contributed by atoms with Crippen LogP contribution in [0.4, 0.5) is 5.13 Å². The van der Waals surface area contributed by atoms with Crippen LogP contribution in [0.15, 0.2) is 48.0 Å². The molecule has 1 saturated heterocycles. The maximum atomic E-state index is 13.3. The summed E-state index contributed by atoms with van der Waals surface area (Å²) in [5.41, 5.74) is 1.83. The molecule has 35 heavy (non-hydrogen) atoms. The van der Waals surface area contributed by atoms with Gasteiger partial charge in [-0.05, 0) is 55.3 Å². The summed E-state index contributed by atoms with van der Waals surface area (Å²) in [5, 5.41) is 11.9. The minimum Gasteiger partial charge on any atom is -0.507 e. The van der Waals surface area contributed by atoms with Crippen LogP contribution in [-0.2, 0) is 14.3 Å². The number of hydrogen-bond donors (Lipinski definition) is 1. The topological polar surface area (TPSA) is 106 Å². The highest BCUT2D eigenvalue weighted by Gasteiger charge is 2.48. The van der Waals surface area contributed by atoms with E-state index in [1.807, 2.05) is 0 Å². The average molecular weight is 513 g/mol. The average Bonchev–Trinajstić information content (AvgIpc) is 3.35. The van der Waals surface area contributed by atoms with E-state index in [2.05, 4.69) is 4.98 Å². The second-order valence-corrected chi connectivity index (χ2v) is 9.22. The summed E-state index contributed by atoms with van der Waals surface area (Å²) < 4.78 is 10.0. The van der Waals surface area contributed by atoms with E-state index in [1.165, 1.54) is 19.1 Å². The first-order valence-corrected chi connectivity index (χ1v) is 11.6. The van der Waals surface area contributed by atoms with Crippen molar-refractivity contribution < 1.29 is 29.0 Å². The van der Waals surface area contributed by atoms with Gasteiger partial charge in [-0.15, -0.1) is 0 Å². The molecule has 1 atom stereocenters. The summed E-state index contributed by atoms with van der Waals surface area (Å²) in [7, 11) is 2.78. The van der Waals surface area contributed by atoms with Gasteiger partial charge >= 0.3 is 11.9 Å². The number of carbonyl (C=O) groups excluding carboxylic acids is 3. The Kier molecular flexibility index (Phi) is 6.64. The van der Waals surface area contributed by atoms with Crippen molar-refractivity contribution >= 4 is 51.5 Å². The van der Waals surface area contributed by atoms with Crippen LogP contribution >= 0.6 is 22.9 Å². The Balaban J connectivity index is 1.94. The molecule has 1 fully saturated rings. The number of anilines is 1. The molecule has 1 aliphatic heterocycles. The number of Topliss-reactive ketones (excluding diaryl/α,β-unsaturated/α-hetero) is 1. The molecule has 1 N–H and O–H groups in total. The van der Waals surface area contributed by atoms with Crippen LogP contribution in [-0.4, -0.2) is 42.0 Å². The molecule has 1 amide bonds. The lowest BCUT2D eigenvalue weighted by Crippen LogP contribution is -2.29. The minimum atomic E-state index is -0.996. The van der Waals surface area contributed by atoms with E-state index in [-0.39, 0.29) is 21.3 Å². The van der Waals surface area contributed by atoms with Crippen LogP contribution in [0.5, 0.6) is 5.75 Å². The molecule has 0 radical (unpaired) electrons. The van der Waals surface area contributed by atoms with Gasteiger partial charge in [0.05, 0.1) is 31.5 Å². The summed E-state index contributed by atoms with van der Waals surface area (Å²) in [6.45, 7) is 3.37. The van der Waals surface area contributed by atoms with Gasteiger partial charge < -0.3 is 14.6 Å². The Labute approximate surface area is 210 Å². The van der Waals surface area contributed by atoms with Gasteiger partial charge in [0.2, 0.25) is 0 Å². The SMILES string of the molecule is COC(=O)c1sc(N2C(=O)C(=O)/C(=C(/O)c3ccc(OC)cc3C)[C@@H]2c2ccc(Cl)cc2)nc1C. The number of aliphatic hydroxyl groups excluding tert-OH is 1. The van der Waals surface area contributed by atoms with Crippen LogP contribution < -0.4 is 9.64 Å². The van der Waals surface area contributed by atoms with E-state index in [1.54, 1.807) is 56.3 Å². The number of thiazole rings is 1. The van der Waals surface area contributed by atoms with Crippen molar-refractivity contribution in [2.75, 3.05) is 19.1 Å². The molecule has 0 spiro atoms. The number of aryl methyl sites for hydroxylation is 2. The van der Waals surface area contributed by atoms with Crippen molar-refractivity contribution in [1.29, 1.82) is 0 Å². The molecule has 1 aliphatic rings. The summed E-state index contributed by atoms with van der Waals surface area (Å²) in [6, 6.07) is 10.6. The van der Waals surface area contributed by atoms with E-state index >= 15 is 0 Å².